The third-order valence-electron chi connectivity index (χ3n) is 4.67. The Morgan fingerprint density at radius 2 is 1.04 bits per heavy atom. The van der Waals surface area contributed by atoms with Gasteiger partial charge in [0.2, 0.25) is 0 Å². The monoisotopic (exact) mass is 380 g/mol. The number of amides is 4. The van der Waals surface area contributed by atoms with Crippen LogP contribution in [0.1, 0.15) is 27.7 Å². The van der Waals surface area contributed by atoms with Gasteiger partial charge in [0.05, 0.1) is 26.2 Å². The van der Waals surface area contributed by atoms with Crippen molar-refractivity contribution in [1.82, 2.24) is 9.80 Å². The van der Waals surface area contributed by atoms with Gasteiger partial charge in [0.25, 0.3) is 0 Å². The van der Waals surface area contributed by atoms with Crippen molar-refractivity contribution in [2.75, 3.05) is 28.2 Å². The number of carbonyl (C=O) groups excluding carboxylic acids is 2. The number of allylic oxidation sites excluding steroid dienone is 2. The van der Waals surface area contributed by atoms with Crippen molar-refractivity contribution in [3.63, 3.8) is 0 Å². The minimum Gasteiger partial charge on any atom is -1.00 e. The molecule has 0 saturated heterocycles. The summed E-state index contributed by atoms with van der Waals surface area (Å²) in [5, 5.41) is 0. The number of urea groups is 2. The minimum absolute atomic E-state index is 0. The van der Waals surface area contributed by atoms with Crippen LogP contribution in [-0.4, -0.2) is 62.1 Å². The van der Waals surface area contributed by atoms with E-state index in [1.807, 2.05) is 55.9 Å². The number of hydrogen-bond acceptors (Lipinski definition) is 2. The molecule has 0 bridgehead atoms. The summed E-state index contributed by atoms with van der Waals surface area (Å²) in [4.78, 5) is 28.0. The molecule has 24 heavy (non-hydrogen) atoms. The molecule has 4 atom stereocenters. The smallest absolute Gasteiger partial charge is 0.422 e. The van der Waals surface area contributed by atoms with Crippen LogP contribution in [0.15, 0.2) is 23.5 Å². The van der Waals surface area contributed by atoms with Gasteiger partial charge in [0.15, 0.2) is 0 Å². The fourth-order valence-electron chi connectivity index (χ4n) is 2.43. The highest BCUT2D eigenvalue weighted by Crippen LogP contribution is 2.03. The van der Waals surface area contributed by atoms with Crippen LogP contribution in [-0.2, 0) is 0 Å². The zero-order valence-corrected chi connectivity index (χ0v) is 17.3. The lowest BCUT2D eigenvalue weighted by molar-refractivity contribution is -0.756. The molecule has 0 aromatic carbocycles. The van der Waals surface area contributed by atoms with E-state index in [0.29, 0.717) is 0 Å². The first-order valence-corrected chi connectivity index (χ1v) is 7.67. The largest absolute Gasteiger partial charge is 1.00 e. The molecule has 2 heterocycles. The molecule has 2 aliphatic rings. The number of likely N-dealkylation sites (N-methyl/N-ethyl adjacent to an activating group) is 2. The molecule has 140 valence electrons. The molecule has 0 aliphatic carbocycles. The van der Waals surface area contributed by atoms with Gasteiger partial charge >= 0.3 is 12.1 Å². The lowest BCUT2D eigenvalue weighted by Gasteiger charge is -2.28. The fourth-order valence-corrected chi connectivity index (χ4v) is 2.43. The van der Waals surface area contributed by atoms with Crippen LogP contribution in [0.4, 0.5) is 9.59 Å². The van der Waals surface area contributed by atoms with Gasteiger partial charge in [0, 0.05) is 27.9 Å². The van der Waals surface area contributed by atoms with E-state index in [1.165, 1.54) is 0 Å². The highest BCUT2D eigenvalue weighted by Gasteiger charge is 2.30. The molecule has 8 heteroatoms. The van der Waals surface area contributed by atoms with E-state index >= 15 is 0 Å². The number of quaternary nitrogens is 2. The van der Waals surface area contributed by atoms with E-state index in [9.17, 15) is 9.59 Å². The van der Waals surface area contributed by atoms with Crippen LogP contribution >= 0.6 is 0 Å². The zero-order chi connectivity index (χ0) is 17.2. The average molecular weight is 381 g/mol. The predicted molar refractivity (Wildman–Crippen MR) is 86.5 cm³/mol. The average Bonchev–Trinajstić information content (AvgIpc) is 2.47. The first-order valence-electron chi connectivity index (χ1n) is 7.67. The van der Waals surface area contributed by atoms with E-state index in [4.69, 9.17) is 0 Å². The summed E-state index contributed by atoms with van der Waals surface area (Å²) >= 11 is 0. The molecule has 2 aliphatic heterocycles. The standard InChI is InChI=1S/2C8H14N2O.2ClH/c2*1-6-5-7(2)10(4)8(11)9(6)3;;/h2*5-6H,1-4H3;2*1H. The second kappa shape index (κ2) is 10.0. The van der Waals surface area contributed by atoms with Crippen LogP contribution in [0.2, 0.25) is 0 Å². The molecule has 2 N–H and O–H groups in total. The maximum Gasteiger partial charge on any atom is 0.422 e. The number of hydrogen-bond donors (Lipinski definition) is 2. The summed E-state index contributed by atoms with van der Waals surface area (Å²) in [6.07, 6.45) is 4.22. The van der Waals surface area contributed by atoms with Gasteiger partial charge in [-0.3, -0.25) is 9.80 Å². The molecule has 0 aromatic rings. The topological polar surface area (TPSA) is 49.5 Å². The molecule has 0 spiro atoms. The van der Waals surface area contributed by atoms with Gasteiger partial charge in [-0.1, -0.05) is 0 Å². The fraction of sp³-hybridized carbons (Fsp3) is 0.625. The van der Waals surface area contributed by atoms with Crippen molar-refractivity contribution in [1.29, 1.82) is 0 Å². The van der Waals surface area contributed by atoms with Crippen LogP contribution < -0.4 is 34.6 Å². The maximum atomic E-state index is 11.4. The Morgan fingerprint density at radius 1 is 0.792 bits per heavy atom. The Morgan fingerprint density at radius 3 is 1.29 bits per heavy atom. The lowest BCUT2D eigenvalue weighted by Crippen LogP contribution is -3.12. The van der Waals surface area contributed by atoms with E-state index in [-0.39, 0.29) is 49.0 Å². The summed E-state index contributed by atoms with van der Waals surface area (Å²) in [7, 11) is 7.41. The van der Waals surface area contributed by atoms with E-state index < -0.39 is 0 Å². The van der Waals surface area contributed by atoms with Crippen molar-refractivity contribution in [2.45, 2.75) is 39.8 Å². The maximum absolute atomic E-state index is 11.4. The SMILES string of the molecule is CC1=CC(C)N(C)C(=O)[NH+]1C.CC1=CC(C)N(C)C(=O)[NH+]1C.[Cl-].[Cl-]. The summed E-state index contributed by atoms with van der Waals surface area (Å²) < 4.78 is 0. The van der Waals surface area contributed by atoms with Gasteiger partial charge < -0.3 is 24.8 Å². The second-order valence-corrected chi connectivity index (χ2v) is 6.26. The van der Waals surface area contributed by atoms with Gasteiger partial charge in [-0.15, -0.1) is 0 Å². The first kappa shape index (κ1) is 25.2. The van der Waals surface area contributed by atoms with Crippen molar-refractivity contribution in [2.24, 2.45) is 0 Å². The van der Waals surface area contributed by atoms with Crippen LogP contribution in [0, 0.1) is 0 Å². The van der Waals surface area contributed by atoms with Gasteiger partial charge in [0.1, 0.15) is 11.4 Å². The number of halogens is 2. The van der Waals surface area contributed by atoms with E-state index in [2.05, 4.69) is 12.2 Å². The normalized spacial score (nSPS) is 29.5. The quantitative estimate of drug-likeness (QED) is 0.439. The highest BCUT2D eigenvalue weighted by atomic mass is 35.5. The first-order chi connectivity index (χ1) is 10.1. The molecule has 0 aromatic heterocycles. The van der Waals surface area contributed by atoms with Crippen LogP contribution in [0.25, 0.3) is 0 Å². The zero-order valence-electron chi connectivity index (χ0n) is 15.8. The van der Waals surface area contributed by atoms with Crippen LogP contribution in [0.3, 0.4) is 0 Å². The molecule has 0 fully saturated rings. The molecule has 4 unspecified atom stereocenters. The van der Waals surface area contributed by atoms with Gasteiger partial charge in [-0.25, -0.2) is 19.4 Å². The molecule has 6 nitrogen and oxygen atoms in total. The van der Waals surface area contributed by atoms with E-state index in [0.717, 1.165) is 21.2 Å². The molecular weight excluding hydrogens is 351 g/mol. The number of nitrogens with one attached hydrogen (secondary N) is 2. The summed E-state index contributed by atoms with van der Waals surface area (Å²) in [6.45, 7) is 8.01. The third-order valence-corrected chi connectivity index (χ3v) is 4.67. The Labute approximate surface area is 157 Å². The molecule has 0 saturated carbocycles. The molecule has 4 amide bonds. The Kier molecular flexibility index (Phi) is 10.5. The van der Waals surface area contributed by atoms with Crippen molar-refractivity contribution in [3.8, 4) is 0 Å². The number of rotatable bonds is 0. The Bertz CT molecular complexity index is 476. The number of carbonyl (C=O) groups is 2. The molecule has 0 radical (unpaired) electrons. The highest BCUT2D eigenvalue weighted by molar-refractivity contribution is 5.67. The summed E-state index contributed by atoms with van der Waals surface area (Å²) in [5.41, 5.74) is 2.22. The predicted octanol–water partition coefficient (Wildman–Crippen LogP) is -6.27. The van der Waals surface area contributed by atoms with Gasteiger partial charge in [-0.2, -0.15) is 0 Å². The number of nitrogens with zero attached hydrogens (tertiary/aromatic N) is 2. The van der Waals surface area contributed by atoms with Crippen molar-refractivity contribution < 1.29 is 44.2 Å². The second-order valence-electron chi connectivity index (χ2n) is 6.26. The summed E-state index contributed by atoms with van der Waals surface area (Å²) in [6, 6.07) is 0.785. The van der Waals surface area contributed by atoms with Crippen LogP contribution in [0.5, 0.6) is 0 Å². The lowest BCUT2D eigenvalue weighted by atomic mass is 10.2. The third kappa shape index (κ3) is 5.48. The Balaban J connectivity index is 0. The molecular formula is C16H30Cl2N4O2. The summed E-state index contributed by atoms with van der Waals surface area (Å²) in [5.74, 6) is 0. The van der Waals surface area contributed by atoms with Gasteiger partial charge in [-0.05, 0) is 26.0 Å². The Hall–Kier alpha value is -1.08. The van der Waals surface area contributed by atoms with E-state index in [1.54, 1.807) is 9.80 Å². The minimum atomic E-state index is 0. The van der Waals surface area contributed by atoms with Crippen molar-refractivity contribution in [3.05, 3.63) is 23.5 Å². The van der Waals surface area contributed by atoms with Crippen molar-refractivity contribution >= 4 is 12.1 Å². The molecule has 2 rings (SSSR count).